The van der Waals surface area contributed by atoms with Gasteiger partial charge in [0.25, 0.3) is 5.91 Å². The monoisotopic (exact) mass is 314 g/mol. The van der Waals surface area contributed by atoms with Gasteiger partial charge in [0.1, 0.15) is 0 Å². The molecule has 0 spiro atoms. The molecule has 1 atom stereocenters. The number of hydrogen-bond donors (Lipinski definition) is 1. The van der Waals surface area contributed by atoms with Gasteiger partial charge in [-0.1, -0.05) is 6.42 Å². The third kappa shape index (κ3) is 3.35. The molecule has 3 rings (SSSR count). The molecule has 1 aromatic heterocycles. The first-order valence-corrected chi connectivity index (χ1v) is 8.22. The van der Waals surface area contributed by atoms with Crippen LogP contribution < -0.4 is 5.73 Å². The Morgan fingerprint density at radius 2 is 2.05 bits per heavy atom. The molecule has 5 heteroatoms. The molecule has 2 aliphatic rings. The predicted octanol–water partition coefficient (Wildman–Crippen LogP) is 3.00. The average molecular weight is 315 g/mol. The molecule has 0 bridgehead atoms. The molecule has 1 aliphatic carbocycles. The lowest BCUT2D eigenvalue weighted by molar-refractivity contribution is 0.0713. The van der Waals surface area contributed by atoms with E-state index in [1.54, 1.807) is 11.3 Å². The summed E-state index contributed by atoms with van der Waals surface area (Å²) in [5.74, 6) is 0.202. The lowest BCUT2D eigenvalue weighted by atomic mass is 10.1. The van der Waals surface area contributed by atoms with Crippen molar-refractivity contribution in [3.05, 3.63) is 21.4 Å². The maximum atomic E-state index is 12.5. The molecule has 112 valence electrons. The van der Waals surface area contributed by atoms with Crippen LogP contribution in [0, 0.1) is 0 Å². The van der Waals surface area contributed by atoms with Gasteiger partial charge in [-0.25, -0.2) is 0 Å². The summed E-state index contributed by atoms with van der Waals surface area (Å²) >= 11 is 1.72. The number of aryl methyl sites for hydroxylation is 2. The van der Waals surface area contributed by atoms with E-state index in [1.807, 2.05) is 4.90 Å². The first-order chi connectivity index (χ1) is 9.24. The maximum absolute atomic E-state index is 12.5. The molecule has 3 nitrogen and oxygen atoms in total. The molecule has 1 saturated heterocycles. The fourth-order valence-electron chi connectivity index (χ4n) is 3.12. The predicted molar refractivity (Wildman–Crippen MR) is 85.9 cm³/mol. The van der Waals surface area contributed by atoms with Crippen molar-refractivity contribution < 1.29 is 4.79 Å². The van der Waals surface area contributed by atoms with E-state index in [-0.39, 0.29) is 24.4 Å². The number of carbonyl (C=O) groups is 1. The summed E-state index contributed by atoms with van der Waals surface area (Å²) in [6.45, 7) is 1.59. The fraction of sp³-hybridized carbons (Fsp3) is 0.667. The molecule has 1 fully saturated rings. The number of nitrogens with zero attached hydrogens (tertiary/aromatic N) is 1. The molecule has 1 amide bonds. The highest BCUT2D eigenvalue weighted by atomic mass is 35.5. The number of carbonyl (C=O) groups excluding carboxylic acids is 1. The van der Waals surface area contributed by atoms with Crippen molar-refractivity contribution in [1.82, 2.24) is 4.90 Å². The third-order valence-electron chi connectivity index (χ3n) is 4.20. The molecule has 0 unspecified atom stereocenters. The number of hydrogen-bond acceptors (Lipinski definition) is 3. The van der Waals surface area contributed by atoms with Gasteiger partial charge >= 0.3 is 0 Å². The Labute approximate surface area is 130 Å². The van der Waals surface area contributed by atoms with Gasteiger partial charge in [0.15, 0.2) is 0 Å². The molecule has 2 N–H and O–H groups in total. The minimum absolute atomic E-state index is 0. The summed E-state index contributed by atoms with van der Waals surface area (Å²) in [6.07, 6.45) is 8.27. The Bertz CT molecular complexity index is 451. The van der Waals surface area contributed by atoms with Crippen molar-refractivity contribution in [2.24, 2.45) is 5.73 Å². The number of thiophene rings is 1. The lowest BCUT2D eigenvalue weighted by Crippen LogP contribution is -2.45. The van der Waals surface area contributed by atoms with Gasteiger partial charge in [-0.3, -0.25) is 4.79 Å². The van der Waals surface area contributed by atoms with Crippen LogP contribution >= 0.6 is 23.7 Å². The van der Waals surface area contributed by atoms with Gasteiger partial charge in [-0.05, 0) is 50.2 Å². The van der Waals surface area contributed by atoms with E-state index in [2.05, 4.69) is 6.07 Å². The maximum Gasteiger partial charge on any atom is 0.263 e. The largest absolute Gasteiger partial charge is 0.336 e. The number of likely N-dealkylation sites (tertiary alicyclic amines) is 1. The zero-order chi connectivity index (χ0) is 13.2. The quantitative estimate of drug-likeness (QED) is 0.810. The van der Waals surface area contributed by atoms with Crippen LogP contribution in [0.2, 0.25) is 0 Å². The van der Waals surface area contributed by atoms with Crippen LogP contribution in [0.5, 0.6) is 0 Å². The van der Waals surface area contributed by atoms with Crippen LogP contribution in [0.4, 0.5) is 0 Å². The summed E-state index contributed by atoms with van der Waals surface area (Å²) in [7, 11) is 0. The Kier molecular flexibility index (Phi) is 5.47. The highest BCUT2D eigenvalue weighted by Gasteiger charge is 2.24. The Hall–Kier alpha value is -0.580. The van der Waals surface area contributed by atoms with E-state index in [9.17, 15) is 4.79 Å². The average Bonchev–Trinajstić information content (AvgIpc) is 2.69. The van der Waals surface area contributed by atoms with E-state index in [0.717, 1.165) is 43.6 Å². The highest BCUT2D eigenvalue weighted by Crippen LogP contribution is 2.30. The molecule has 0 radical (unpaired) electrons. The summed E-state index contributed by atoms with van der Waals surface area (Å²) in [5.41, 5.74) is 7.39. The van der Waals surface area contributed by atoms with Crippen LogP contribution in [-0.2, 0) is 12.8 Å². The Morgan fingerprint density at radius 1 is 1.25 bits per heavy atom. The van der Waals surface area contributed by atoms with E-state index in [4.69, 9.17) is 5.73 Å². The van der Waals surface area contributed by atoms with Crippen molar-refractivity contribution in [3.8, 4) is 0 Å². The number of halogens is 1. The number of rotatable bonds is 1. The third-order valence-corrected chi connectivity index (χ3v) is 5.43. The zero-order valence-electron chi connectivity index (χ0n) is 11.8. The second-order valence-electron chi connectivity index (χ2n) is 5.77. The van der Waals surface area contributed by atoms with E-state index < -0.39 is 0 Å². The summed E-state index contributed by atoms with van der Waals surface area (Å²) in [5, 5.41) is 0. The number of amides is 1. The van der Waals surface area contributed by atoms with Gasteiger partial charge in [0.05, 0.1) is 4.88 Å². The van der Waals surface area contributed by atoms with Gasteiger partial charge in [0, 0.05) is 24.0 Å². The molecular weight excluding hydrogens is 292 g/mol. The Balaban J connectivity index is 0.00000147. The molecule has 0 saturated carbocycles. The van der Waals surface area contributed by atoms with Crippen LogP contribution in [-0.4, -0.2) is 29.9 Å². The molecular formula is C15H23ClN2OS. The van der Waals surface area contributed by atoms with Gasteiger partial charge in [0.2, 0.25) is 0 Å². The number of piperidine rings is 1. The minimum atomic E-state index is 0. The van der Waals surface area contributed by atoms with Gasteiger partial charge in [-0.15, -0.1) is 23.7 Å². The van der Waals surface area contributed by atoms with E-state index in [1.165, 1.54) is 29.7 Å². The Morgan fingerprint density at radius 3 is 2.85 bits per heavy atom. The SMILES string of the molecule is Cl.N[C@@H]1CCCN(C(=O)c2cc3c(s2)CCCCC3)C1. The van der Waals surface area contributed by atoms with Gasteiger partial charge < -0.3 is 10.6 Å². The van der Waals surface area contributed by atoms with E-state index >= 15 is 0 Å². The summed E-state index contributed by atoms with van der Waals surface area (Å²) in [6, 6.07) is 2.31. The first-order valence-electron chi connectivity index (χ1n) is 7.40. The van der Waals surface area contributed by atoms with Crippen molar-refractivity contribution in [2.75, 3.05) is 13.1 Å². The standard InChI is InChI=1S/C15H22N2OS.ClH/c16-12-6-4-8-17(10-12)15(18)14-9-11-5-2-1-3-7-13(11)19-14;/h9,12H,1-8,10,16H2;1H/t12-;/m1./s1. The summed E-state index contributed by atoms with van der Waals surface area (Å²) in [4.78, 5) is 16.9. The van der Waals surface area contributed by atoms with Crippen molar-refractivity contribution in [1.29, 1.82) is 0 Å². The summed E-state index contributed by atoms with van der Waals surface area (Å²) < 4.78 is 0. The number of fused-ring (bicyclic) bond motifs is 1. The van der Waals surface area contributed by atoms with Crippen molar-refractivity contribution in [3.63, 3.8) is 0 Å². The second-order valence-corrected chi connectivity index (χ2v) is 6.91. The lowest BCUT2D eigenvalue weighted by Gasteiger charge is -2.30. The molecule has 20 heavy (non-hydrogen) atoms. The van der Waals surface area contributed by atoms with Crippen LogP contribution in [0.3, 0.4) is 0 Å². The van der Waals surface area contributed by atoms with E-state index in [0.29, 0.717) is 0 Å². The van der Waals surface area contributed by atoms with Crippen LogP contribution in [0.25, 0.3) is 0 Å². The smallest absolute Gasteiger partial charge is 0.263 e. The van der Waals surface area contributed by atoms with Crippen LogP contribution in [0.1, 0.15) is 52.2 Å². The minimum Gasteiger partial charge on any atom is -0.336 e. The van der Waals surface area contributed by atoms with Crippen molar-refractivity contribution in [2.45, 2.75) is 51.0 Å². The first kappa shape index (κ1) is 15.8. The van der Waals surface area contributed by atoms with Crippen LogP contribution in [0.15, 0.2) is 6.07 Å². The van der Waals surface area contributed by atoms with Gasteiger partial charge in [-0.2, -0.15) is 0 Å². The fourth-order valence-corrected chi connectivity index (χ4v) is 4.34. The topological polar surface area (TPSA) is 46.3 Å². The van der Waals surface area contributed by atoms with Crippen molar-refractivity contribution >= 4 is 29.7 Å². The zero-order valence-corrected chi connectivity index (χ0v) is 13.4. The number of nitrogens with two attached hydrogens (primary N) is 1. The molecule has 2 heterocycles. The normalized spacial score (nSPS) is 22.6. The molecule has 0 aromatic carbocycles. The molecule has 1 aromatic rings. The second kappa shape index (κ2) is 6.92. The highest BCUT2D eigenvalue weighted by molar-refractivity contribution is 7.14. The molecule has 1 aliphatic heterocycles.